The zero-order valence-electron chi connectivity index (χ0n) is 8.77. The Labute approximate surface area is 83.9 Å². The summed E-state index contributed by atoms with van der Waals surface area (Å²) in [5.74, 6) is 1.23. The van der Waals surface area contributed by atoms with Crippen LogP contribution in [0.15, 0.2) is 12.1 Å². The fourth-order valence-corrected chi connectivity index (χ4v) is 1.10. The second-order valence-corrected chi connectivity index (χ2v) is 3.23. The van der Waals surface area contributed by atoms with Crippen molar-refractivity contribution in [3.63, 3.8) is 0 Å². The number of likely N-dealkylation sites (N-methyl/N-ethyl adjacent to an activating group) is 1. The van der Waals surface area contributed by atoms with Gasteiger partial charge in [0.05, 0.1) is 12.6 Å². The molecule has 0 saturated heterocycles. The van der Waals surface area contributed by atoms with Gasteiger partial charge < -0.3 is 15.4 Å². The van der Waals surface area contributed by atoms with Crippen LogP contribution in [0.4, 0.5) is 11.6 Å². The molecule has 1 atom stereocenters. The van der Waals surface area contributed by atoms with E-state index < -0.39 is 0 Å². The van der Waals surface area contributed by atoms with Gasteiger partial charge in [-0.05, 0) is 19.1 Å². The highest BCUT2D eigenvalue weighted by molar-refractivity contribution is 5.41. The van der Waals surface area contributed by atoms with Crippen molar-refractivity contribution < 1.29 is 4.74 Å². The van der Waals surface area contributed by atoms with Crippen molar-refractivity contribution in [1.82, 2.24) is 10.2 Å². The normalized spacial score (nSPS) is 12.5. The van der Waals surface area contributed by atoms with Crippen LogP contribution in [0.2, 0.25) is 0 Å². The molecule has 0 aliphatic carbocycles. The van der Waals surface area contributed by atoms with Crippen LogP contribution in [0.25, 0.3) is 0 Å². The van der Waals surface area contributed by atoms with Crippen molar-refractivity contribution >= 4 is 11.6 Å². The molecule has 0 aliphatic rings. The molecule has 1 unspecified atom stereocenters. The van der Waals surface area contributed by atoms with Crippen LogP contribution >= 0.6 is 0 Å². The number of aromatic nitrogens is 2. The van der Waals surface area contributed by atoms with E-state index in [2.05, 4.69) is 17.1 Å². The van der Waals surface area contributed by atoms with Crippen molar-refractivity contribution in [2.45, 2.75) is 13.0 Å². The van der Waals surface area contributed by atoms with Gasteiger partial charge in [-0.3, -0.25) is 0 Å². The van der Waals surface area contributed by atoms with Gasteiger partial charge in [-0.2, -0.15) is 0 Å². The second-order valence-electron chi connectivity index (χ2n) is 3.23. The van der Waals surface area contributed by atoms with Gasteiger partial charge in [0.1, 0.15) is 5.82 Å². The van der Waals surface area contributed by atoms with Crippen LogP contribution < -0.4 is 10.6 Å². The lowest BCUT2D eigenvalue weighted by atomic mass is 10.3. The maximum atomic E-state index is 5.44. The summed E-state index contributed by atoms with van der Waals surface area (Å²) in [5, 5.41) is 7.76. The van der Waals surface area contributed by atoms with Crippen LogP contribution in [0.5, 0.6) is 0 Å². The Hall–Kier alpha value is -1.36. The molecule has 0 fully saturated rings. The Balaban J connectivity index is 2.68. The van der Waals surface area contributed by atoms with Crippen LogP contribution in [0, 0.1) is 0 Å². The van der Waals surface area contributed by atoms with Crippen LogP contribution in [-0.2, 0) is 4.74 Å². The van der Waals surface area contributed by atoms with Gasteiger partial charge >= 0.3 is 0 Å². The molecule has 0 aliphatic heterocycles. The van der Waals surface area contributed by atoms with Crippen LogP contribution in [-0.4, -0.2) is 37.0 Å². The summed E-state index contributed by atoms with van der Waals surface area (Å²) in [6.07, 6.45) is 0. The molecule has 78 valence electrons. The third kappa shape index (κ3) is 2.56. The van der Waals surface area contributed by atoms with Gasteiger partial charge in [-0.25, -0.2) is 0 Å². The highest BCUT2D eigenvalue weighted by atomic mass is 16.5. The third-order valence-corrected chi connectivity index (χ3v) is 2.10. The molecule has 1 rings (SSSR count). The van der Waals surface area contributed by atoms with E-state index in [0.29, 0.717) is 12.4 Å². The summed E-state index contributed by atoms with van der Waals surface area (Å²) >= 11 is 0. The predicted molar refractivity (Wildman–Crippen MR) is 56.2 cm³/mol. The Morgan fingerprint density at radius 2 is 2.21 bits per heavy atom. The van der Waals surface area contributed by atoms with Gasteiger partial charge in [0.2, 0.25) is 0 Å². The van der Waals surface area contributed by atoms with Crippen LogP contribution in [0.3, 0.4) is 0 Å². The average molecular weight is 196 g/mol. The first kappa shape index (κ1) is 10.7. The zero-order chi connectivity index (χ0) is 10.6. The Morgan fingerprint density at radius 1 is 1.50 bits per heavy atom. The van der Waals surface area contributed by atoms with Gasteiger partial charge in [-0.1, -0.05) is 0 Å². The molecular weight excluding hydrogens is 180 g/mol. The van der Waals surface area contributed by atoms with E-state index in [1.165, 1.54) is 0 Å². The number of hydrogen-bond donors (Lipinski definition) is 1. The SMILES string of the molecule is COCC(C)N(C)c1ccc(N)nn1. The lowest BCUT2D eigenvalue weighted by molar-refractivity contribution is 0.183. The highest BCUT2D eigenvalue weighted by Gasteiger charge is 2.10. The van der Waals surface area contributed by atoms with Crippen molar-refractivity contribution in [1.29, 1.82) is 0 Å². The quantitative estimate of drug-likeness (QED) is 0.761. The van der Waals surface area contributed by atoms with Gasteiger partial charge in [0, 0.05) is 14.2 Å². The van der Waals surface area contributed by atoms with Crippen molar-refractivity contribution in [2.75, 3.05) is 31.4 Å². The number of nitrogen functional groups attached to an aromatic ring is 1. The summed E-state index contributed by atoms with van der Waals surface area (Å²) in [6, 6.07) is 3.84. The fraction of sp³-hybridized carbons (Fsp3) is 0.556. The number of nitrogens with two attached hydrogens (primary N) is 1. The van der Waals surface area contributed by atoms with E-state index in [9.17, 15) is 0 Å². The molecule has 0 aromatic carbocycles. The van der Waals surface area contributed by atoms with E-state index in [1.807, 2.05) is 18.0 Å². The number of methoxy groups -OCH3 is 1. The average Bonchev–Trinajstić information content (AvgIpc) is 2.18. The van der Waals surface area contributed by atoms with E-state index in [-0.39, 0.29) is 6.04 Å². The van der Waals surface area contributed by atoms with Crippen molar-refractivity contribution in [3.8, 4) is 0 Å². The Morgan fingerprint density at radius 3 is 2.71 bits per heavy atom. The summed E-state index contributed by atoms with van der Waals surface area (Å²) in [5.41, 5.74) is 5.44. The largest absolute Gasteiger partial charge is 0.383 e. The molecule has 0 spiro atoms. The van der Waals surface area contributed by atoms with E-state index in [0.717, 1.165) is 5.82 Å². The molecular formula is C9H16N4O. The van der Waals surface area contributed by atoms with E-state index in [1.54, 1.807) is 13.2 Å². The number of hydrogen-bond acceptors (Lipinski definition) is 5. The minimum Gasteiger partial charge on any atom is -0.383 e. The van der Waals surface area contributed by atoms with Gasteiger partial charge in [0.25, 0.3) is 0 Å². The van der Waals surface area contributed by atoms with E-state index in [4.69, 9.17) is 10.5 Å². The van der Waals surface area contributed by atoms with Gasteiger partial charge in [0.15, 0.2) is 5.82 Å². The first-order valence-corrected chi connectivity index (χ1v) is 4.46. The van der Waals surface area contributed by atoms with Crippen molar-refractivity contribution in [3.05, 3.63) is 12.1 Å². The summed E-state index contributed by atoms with van der Waals surface area (Å²) in [6.45, 7) is 2.71. The number of nitrogens with zero attached hydrogens (tertiary/aromatic N) is 3. The maximum absolute atomic E-state index is 5.44. The smallest absolute Gasteiger partial charge is 0.151 e. The first-order chi connectivity index (χ1) is 6.65. The first-order valence-electron chi connectivity index (χ1n) is 4.46. The number of anilines is 2. The molecule has 0 radical (unpaired) electrons. The standard InChI is InChI=1S/C9H16N4O/c1-7(6-14-3)13(2)9-5-4-8(10)11-12-9/h4-5,7H,6H2,1-3H3,(H2,10,11). The molecule has 0 amide bonds. The fourth-order valence-electron chi connectivity index (χ4n) is 1.10. The van der Waals surface area contributed by atoms with Crippen LogP contribution in [0.1, 0.15) is 6.92 Å². The zero-order valence-corrected chi connectivity index (χ0v) is 8.77. The predicted octanol–water partition coefficient (Wildman–Crippen LogP) is 0.530. The third-order valence-electron chi connectivity index (χ3n) is 2.10. The van der Waals surface area contributed by atoms with E-state index >= 15 is 0 Å². The number of ether oxygens (including phenoxy) is 1. The lowest BCUT2D eigenvalue weighted by Gasteiger charge is -2.24. The molecule has 1 aromatic heterocycles. The summed E-state index contributed by atoms with van der Waals surface area (Å²) in [7, 11) is 3.63. The Kier molecular flexibility index (Phi) is 3.64. The molecule has 14 heavy (non-hydrogen) atoms. The highest BCUT2D eigenvalue weighted by Crippen LogP contribution is 2.11. The molecule has 5 heteroatoms. The molecule has 1 aromatic rings. The van der Waals surface area contributed by atoms with Gasteiger partial charge in [-0.15, -0.1) is 10.2 Å². The second kappa shape index (κ2) is 4.76. The maximum Gasteiger partial charge on any atom is 0.151 e. The molecule has 5 nitrogen and oxygen atoms in total. The molecule has 2 N–H and O–H groups in total. The molecule has 1 heterocycles. The minimum atomic E-state index is 0.262. The summed E-state index contributed by atoms with van der Waals surface area (Å²) in [4.78, 5) is 2.00. The minimum absolute atomic E-state index is 0.262. The summed E-state index contributed by atoms with van der Waals surface area (Å²) < 4.78 is 5.06. The molecule has 0 bridgehead atoms. The van der Waals surface area contributed by atoms with Crippen molar-refractivity contribution in [2.24, 2.45) is 0 Å². The molecule has 0 saturated carbocycles. The lowest BCUT2D eigenvalue weighted by Crippen LogP contribution is -2.33. The monoisotopic (exact) mass is 196 g/mol. The number of rotatable bonds is 4. The Bertz CT molecular complexity index is 275. The topological polar surface area (TPSA) is 64.3 Å².